The highest BCUT2D eigenvalue weighted by Crippen LogP contribution is 2.12. The molecule has 1 aromatic rings. The van der Waals surface area contributed by atoms with Gasteiger partial charge in [0.25, 0.3) is 0 Å². The third-order valence-electron chi connectivity index (χ3n) is 4.46. The topological polar surface area (TPSA) is 93.2 Å². The van der Waals surface area contributed by atoms with Gasteiger partial charge in [-0.15, -0.1) is 0 Å². The molecule has 2 rings (SSSR count). The maximum atomic E-state index is 12.1. The molecule has 1 aliphatic heterocycles. The molecule has 1 saturated heterocycles. The summed E-state index contributed by atoms with van der Waals surface area (Å²) in [5, 5.41) is 9.24. The van der Waals surface area contributed by atoms with Crippen LogP contribution in [-0.2, 0) is 20.8 Å². The van der Waals surface area contributed by atoms with E-state index in [1.54, 1.807) is 7.11 Å². The van der Waals surface area contributed by atoms with Crippen molar-refractivity contribution in [2.45, 2.75) is 38.8 Å². The summed E-state index contributed by atoms with van der Waals surface area (Å²) in [5.41, 5.74) is 1.01. The summed E-state index contributed by atoms with van der Waals surface area (Å²) >= 11 is 0. The summed E-state index contributed by atoms with van der Waals surface area (Å²) in [7, 11) is 1.63. The molecule has 0 bridgehead atoms. The number of ether oxygens (including phenoxy) is 3. The van der Waals surface area contributed by atoms with Crippen LogP contribution in [0.25, 0.3) is 0 Å². The lowest BCUT2D eigenvalue weighted by Crippen LogP contribution is -2.39. The molecule has 1 aromatic carbocycles. The van der Waals surface area contributed by atoms with Crippen molar-refractivity contribution in [1.29, 1.82) is 0 Å². The minimum atomic E-state index is -0.127. The van der Waals surface area contributed by atoms with E-state index in [4.69, 9.17) is 14.2 Å². The molecule has 162 valence electrons. The molecule has 1 aliphatic rings. The van der Waals surface area contributed by atoms with E-state index in [1.165, 1.54) is 0 Å². The minimum Gasteiger partial charge on any atom is -0.497 e. The molecule has 0 spiro atoms. The second-order valence-corrected chi connectivity index (χ2v) is 6.81. The molecule has 1 atom stereocenters. The van der Waals surface area contributed by atoms with Crippen LogP contribution in [0.15, 0.2) is 29.3 Å². The lowest BCUT2D eigenvalue weighted by molar-refractivity contribution is -0.119. The van der Waals surface area contributed by atoms with Crippen molar-refractivity contribution in [3.8, 4) is 5.75 Å². The highest BCUT2D eigenvalue weighted by molar-refractivity contribution is 5.84. The van der Waals surface area contributed by atoms with Gasteiger partial charge in [-0.25, -0.2) is 4.99 Å². The number of benzene rings is 1. The van der Waals surface area contributed by atoms with Crippen LogP contribution in [0.3, 0.4) is 0 Å². The van der Waals surface area contributed by atoms with Crippen molar-refractivity contribution >= 4 is 11.9 Å². The number of carbonyl (C=O) groups is 1. The number of amides is 1. The van der Waals surface area contributed by atoms with Crippen molar-refractivity contribution in [1.82, 2.24) is 16.0 Å². The largest absolute Gasteiger partial charge is 0.497 e. The third-order valence-corrected chi connectivity index (χ3v) is 4.46. The number of hydrogen-bond acceptors (Lipinski definition) is 5. The van der Waals surface area contributed by atoms with E-state index in [2.05, 4.69) is 20.9 Å². The molecule has 0 aromatic heterocycles. The molecule has 3 N–H and O–H groups in total. The highest BCUT2D eigenvalue weighted by atomic mass is 16.5. The molecule has 1 unspecified atom stereocenters. The highest BCUT2D eigenvalue weighted by Gasteiger charge is 2.14. The van der Waals surface area contributed by atoms with E-state index < -0.39 is 0 Å². The Hall–Kier alpha value is -2.32. The summed E-state index contributed by atoms with van der Waals surface area (Å²) in [6.45, 7) is 6.18. The Bertz CT molecular complexity index is 616. The van der Waals surface area contributed by atoms with Gasteiger partial charge in [-0.2, -0.15) is 0 Å². The van der Waals surface area contributed by atoms with E-state index in [0.717, 1.165) is 50.3 Å². The number of guanidine groups is 1. The van der Waals surface area contributed by atoms with Crippen molar-refractivity contribution in [2.75, 3.05) is 46.6 Å². The normalized spacial score (nSPS) is 16.5. The molecule has 8 heteroatoms. The van der Waals surface area contributed by atoms with Gasteiger partial charge in [0, 0.05) is 32.8 Å². The SMILES string of the molecule is CCNC(=NCC(=O)NCc1ccc(OC)cc1)NCCCOCC1CCCO1. The summed E-state index contributed by atoms with van der Waals surface area (Å²) in [6, 6.07) is 7.60. The zero-order valence-electron chi connectivity index (χ0n) is 17.5. The lowest BCUT2D eigenvalue weighted by atomic mass is 10.2. The summed E-state index contributed by atoms with van der Waals surface area (Å²) in [6.07, 6.45) is 3.35. The average Bonchev–Trinajstić information content (AvgIpc) is 3.26. The van der Waals surface area contributed by atoms with Crippen molar-refractivity contribution in [2.24, 2.45) is 4.99 Å². The first-order chi connectivity index (χ1) is 14.2. The number of nitrogens with one attached hydrogen (secondary N) is 3. The standard InChI is InChI=1S/C21H34N4O4/c1-3-22-21(23-11-5-12-28-16-19-6-4-13-29-19)25-15-20(26)24-14-17-7-9-18(27-2)10-8-17/h7-10,19H,3-6,11-16H2,1-2H3,(H,24,26)(H2,22,23,25). The maximum Gasteiger partial charge on any atom is 0.242 e. The first kappa shape index (κ1) is 23.0. The monoisotopic (exact) mass is 406 g/mol. The first-order valence-corrected chi connectivity index (χ1v) is 10.3. The number of rotatable bonds is 12. The Morgan fingerprint density at radius 2 is 2.07 bits per heavy atom. The van der Waals surface area contributed by atoms with Gasteiger partial charge in [-0.3, -0.25) is 4.79 Å². The number of aliphatic imine (C=N–C) groups is 1. The predicted octanol–water partition coefficient (Wildman–Crippen LogP) is 1.45. The Labute approximate surface area is 173 Å². The van der Waals surface area contributed by atoms with Crippen molar-refractivity contribution < 1.29 is 19.0 Å². The van der Waals surface area contributed by atoms with Crippen molar-refractivity contribution in [3.63, 3.8) is 0 Å². The Morgan fingerprint density at radius 3 is 2.76 bits per heavy atom. The molecule has 0 radical (unpaired) electrons. The number of nitrogens with zero attached hydrogens (tertiary/aromatic N) is 1. The summed E-state index contributed by atoms with van der Waals surface area (Å²) in [5.74, 6) is 1.30. The van der Waals surface area contributed by atoms with Gasteiger partial charge < -0.3 is 30.2 Å². The van der Waals surface area contributed by atoms with Gasteiger partial charge >= 0.3 is 0 Å². The molecular formula is C21H34N4O4. The second-order valence-electron chi connectivity index (χ2n) is 6.81. The second kappa shape index (κ2) is 13.8. The van der Waals surface area contributed by atoms with E-state index >= 15 is 0 Å². The molecular weight excluding hydrogens is 372 g/mol. The predicted molar refractivity (Wildman–Crippen MR) is 113 cm³/mol. The molecule has 1 heterocycles. The van der Waals surface area contributed by atoms with Gasteiger partial charge in [-0.05, 0) is 43.9 Å². The molecule has 8 nitrogen and oxygen atoms in total. The number of methoxy groups -OCH3 is 1. The van der Waals surface area contributed by atoms with Gasteiger partial charge in [-0.1, -0.05) is 12.1 Å². The van der Waals surface area contributed by atoms with Crippen LogP contribution in [0.1, 0.15) is 31.7 Å². The van der Waals surface area contributed by atoms with Crippen LogP contribution in [0, 0.1) is 0 Å². The first-order valence-electron chi connectivity index (χ1n) is 10.3. The van der Waals surface area contributed by atoms with Crippen LogP contribution in [0.5, 0.6) is 5.75 Å². The van der Waals surface area contributed by atoms with Gasteiger partial charge in [0.1, 0.15) is 12.3 Å². The summed E-state index contributed by atoms with van der Waals surface area (Å²) < 4.78 is 16.3. The maximum absolute atomic E-state index is 12.1. The fourth-order valence-corrected chi connectivity index (χ4v) is 2.86. The van der Waals surface area contributed by atoms with E-state index in [9.17, 15) is 4.79 Å². The van der Waals surface area contributed by atoms with Gasteiger partial charge in [0.15, 0.2) is 5.96 Å². The van der Waals surface area contributed by atoms with Crippen LogP contribution in [0.2, 0.25) is 0 Å². The van der Waals surface area contributed by atoms with Crippen LogP contribution in [0.4, 0.5) is 0 Å². The summed E-state index contributed by atoms with van der Waals surface area (Å²) in [4.78, 5) is 16.4. The third kappa shape index (κ3) is 9.62. The van der Waals surface area contributed by atoms with E-state index in [0.29, 0.717) is 25.7 Å². The zero-order chi connectivity index (χ0) is 20.7. The molecule has 29 heavy (non-hydrogen) atoms. The fourth-order valence-electron chi connectivity index (χ4n) is 2.86. The van der Waals surface area contributed by atoms with E-state index in [1.807, 2.05) is 31.2 Å². The quantitative estimate of drug-likeness (QED) is 0.276. The van der Waals surface area contributed by atoms with Crippen molar-refractivity contribution in [3.05, 3.63) is 29.8 Å². The van der Waals surface area contributed by atoms with Crippen LogP contribution in [-0.4, -0.2) is 64.5 Å². The molecule has 1 amide bonds. The Morgan fingerprint density at radius 1 is 1.24 bits per heavy atom. The molecule has 0 aliphatic carbocycles. The number of carbonyl (C=O) groups excluding carboxylic acids is 1. The zero-order valence-corrected chi connectivity index (χ0v) is 17.5. The number of hydrogen-bond donors (Lipinski definition) is 3. The molecule has 1 fully saturated rings. The van der Waals surface area contributed by atoms with Crippen LogP contribution >= 0.6 is 0 Å². The minimum absolute atomic E-state index is 0.0704. The average molecular weight is 407 g/mol. The van der Waals surface area contributed by atoms with Gasteiger partial charge in [0.05, 0.1) is 19.8 Å². The van der Waals surface area contributed by atoms with Gasteiger partial charge in [0.2, 0.25) is 5.91 Å². The smallest absolute Gasteiger partial charge is 0.242 e. The van der Waals surface area contributed by atoms with Crippen LogP contribution < -0.4 is 20.7 Å². The molecule has 0 saturated carbocycles. The van der Waals surface area contributed by atoms with E-state index in [-0.39, 0.29) is 18.6 Å². The Kier molecular flexibility index (Phi) is 10.9. The fraction of sp³-hybridized carbons (Fsp3) is 0.619. The Balaban J connectivity index is 1.61. The lowest BCUT2D eigenvalue weighted by Gasteiger charge is -2.12.